The summed E-state index contributed by atoms with van der Waals surface area (Å²) in [6, 6.07) is 8.98. The summed E-state index contributed by atoms with van der Waals surface area (Å²) in [5.74, 6) is 0. The number of halogens is 1. The number of hydrogen-bond donors (Lipinski definition) is 1. The summed E-state index contributed by atoms with van der Waals surface area (Å²) in [7, 11) is 1.98. The molecule has 0 aliphatic rings. The Bertz CT molecular complexity index is 558. The molecule has 1 heterocycles. The van der Waals surface area contributed by atoms with Crippen LogP contribution in [-0.4, -0.2) is 9.78 Å². The van der Waals surface area contributed by atoms with E-state index < -0.39 is 0 Å². The number of rotatable bonds is 4. The lowest BCUT2D eigenvalue weighted by molar-refractivity contribution is 0.547. The van der Waals surface area contributed by atoms with Crippen LogP contribution in [0.2, 0.25) is 0 Å². The number of aromatic nitrogens is 2. The lowest BCUT2D eigenvalue weighted by atomic mass is 10.1. The average molecular weight is 322 g/mol. The molecule has 102 valence electrons. The molecule has 1 aromatic carbocycles. The first-order valence-electron chi connectivity index (χ1n) is 6.47. The summed E-state index contributed by atoms with van der Waals surface area (Å²) in [5.41, 5.74) is 4.81. The van der Waals surface area contributed by atoms with Gasteiger partial charge in [-0.05, 0) is 42.3 Å². The second kappa shape index (κ2) is 5.88. The second-order valence-corrected chi connectivity index (χ2v) is 5.78. The first-order chi connectivity index (χ1) is 8.99. The minimum absolute atomic E-state index is 0.322. The standard InChI is InChI=1S/C15H20BrN3/c1-10-5-7-13(8-6-10)11(2)17-9-14-15(16)12(3)18-19(14)4/h5-8,11,17H,9H2,1-4H3. The Morgan fingerprint density at radius 3 is 2.42 bits per heavy atom. The number of nitrogens with zero attached hydrogens (tertiary/aromatic N) is 2. The molecule has 0 bridgehead atoms. The van der Waals surface area contributed by atoms with Crippen molar-refractivity contribution >= 4 is 15.9 Å². The summed E-state index contributed by atoms with van der Waals surface area (Å²) in [4.78, 5) is 0. The summed E-state index contributed by atoms with van der Waals surface area (Å²) >= 11 is 3.59. The largest absolute Gasteiger partial charge is 0.305 e. The molecular formula is C15H20BrN3. The molecule has 0 saturated heterocycles. The maximum atomic E-state index is 4.40. The van der Waals surface area contributed by atoms with E-state index in [-0.39, 0.29) is 0 Å². The molecule has 2 aromatic rings. The van der Waals surface area contributed by atoms with Gasteiger partial charge in [-0.1, -0.05) is 29.8 Å². The van der Waals surface area contributed by atoms with E-state index in [0.29, 0.717) is 6.04 Å². The Morgan fingerprint density at radius 2 is 1.89 bits per heavy atom. The topological polar surface area (TPSA) is 29.9 Å². The first-order valence-corrected chi connectivity index (χ1v) is 7.26. The van der Waals surface area contributed by atoms with E-state index in [4.69, 9.17) is 0 Å². The highest BCUT2D eigenvalue weighted by atomic mass is 79.9. The Labute approximate surface area is 123 Å². The third-order valence-electron chi connectivity index (χ3n) is 3.41. The van der Waals surface area contributed by atoms with Crippen molar-refractivity contribution in [2.24, 2.45) is 7.05 Å². The number of aryl methyl sites for hydroxylation is 3. The lowest BCUT2D eigenvalue weighted by Gasteiger charge is -2.15. The van der Waals surface area contributed by atoms with Crippen molar-refractivity contribution in [3.05, 3.63) is 51.3 Å². The predicted octanol–water partition coefficient (Wildman–Crippen LogP) is 3.65. The van der Waals surface area contributed by atoms with Crippen LogP contribution in [0, 0.1) is 13.8 Å². The van der Waals surface area contributed by atoms with Gasteiger partial charge in [-0.2, -0.15) is 5.10 Å². The Morgan fingerprint density at radius 1 is 1.26 bits per heavy atom. The number of hydrogen-bond acceptors (Lipinski definition) is 2. The zero-order valence-electron chi connectivity index (χ0n) is 11.9. The van der Waals surface area contributed by atoms with E-state index in [2.05, 4.69) is 64.5 Å². The first kappa shape index (κ1) is 14.3. The third kappa shape index (κ3) is 3.25. The van der Waals surface area contributed by atoms with Crippen molar-refractivity contribution in [1.82, 2.24) is 15.1 Å². The minimum Gasteiger partial charge on any atom is -0.305 e. The van der Waals surface area contributed by atoms with Gasteiger partial charge in [0.2, 0.25) is 0 Å². The lowest BCUT2D eigenvalue weighted by Crippen LogP contribution is -2.20. The predicted molar refractivity (Wildman–Crippen MR) is 82.1 cm³/mol. The summed E-state index contributed by atoms with van der Waals surface area (Å²) < 4.78 is 3.02. The molecule has 0 aliphatic carbocycles. The van der Waals surface area contributed by atoms with Gasteiger partial charge in [0.1, 0.15) is 0 Å². The van der Waals surface area contributed by atoms with E-state index in [1.165, 1.54) is 16.8 Å². The molecule has 4 heteroatoms. The van der Waals surface area contributed by atoms with Crippen LogP contribution in [0.25, 0.3) is 0 Å². The van der Waals surface area contributed by atoms with Crippen LogP contribution in [0.5, 0.6) is 0 Å². The van der Waals surface area contributed by atoms with Gasteiger partial charge in [0.25, 0.3) is 0 Å². The van der Waals surface area contributed by atoms with Gasteiger partial charge in [0.05, 0.1) is 15.9 Å². The van der Waals surface area contributed by atoms with Gasteiger partial charge in [0.15, 0.2) is 0 Å². The molecule has 3 nitrogen and oxygen atoms in total. The molecule has 1 N–H and O–H groups in total. The van der Waals surface area contributed by atoms with Crippen molar-refractivity contribution in [2.45, 2.75) is 33.4 Å². The zero-order chi connectivity index (χ0) is 14.0. The van der Waals surface area contributed by atoms with Gasteiger partial charge in [-0.3, -0.25) is 4.68 Å². The molecule has 19 heavy (non-hydrogen) atoms. The van der Waals surface area contributed by atoms with E-state index in [1.54, 1.807) is 0 Å². The van der Waals surface area contributed by atoms with Crippen LogP contribution in [0.3, 0.4) is 0 Å². The zero-order valence-corrected chi connectivity index (χ0v) is 13.5. The highest BCUT2D eigenvalue weighted by molar-refractivity contribution is 9.10. The Balaban J connectivity index is 2.04. The van der Waals surface area contributed by atoms with Gasteiger partial charge >= 0.3 is 0 Å². The molecule has 1 unspecified atom stereocenters. The fraction of sp³-hybridized carbons (Fsp3) is 0.400. The van der Waals surface area contributed by atoms with E-state index >= 15 is 0 Å². The maximum absolute atomic E-state index is 4.40. The highest BCUT2D eigenvalue weighted by Crippen LogP contribution is 2.21. The fourth-order valence-electron chi connectivity index (χ4n) is 2.09. The molecule has 1 aromatic heterocycles. The molecule has 0 aliphatic heterocycles. The molecule has 1 atom stereocenters. The normalized spacial score (nSPS) is 12.7. The Hall–Kier alpha value is -1.13. The molecule has 0 spiro atoms. The molecule has 2 rings (SSSR count). The van der Waals surface area contributed by atoms with Crippen LogP contribution in [0.4, 0.5) is 0 Å². The van der Waals surface area contributed by atoms with Crippen LogP contribution in [0.1, 0.15) is 35.5 Å². The van der Waals surface area contributed by atoms with Crippen molar-refractivity contribution < 1.29 is 0 Å². The molecule has 0 amide bonds. The SMILES string of the molecule is Cc1ccc(C(C)NCc2c(Br)c(C)nn2C)cc1. The number of benzene rings is 1. The van der Waals surface area contributed by atoms with E-state index in [1.807, 2.05) is 18.7 Å². The quantitative estimate of drug-likeness (QED) is 0.931. The van der Waals surface area contributed by atoms with E-state index in [0.717, 1.165) is 16.7 Å². The van der Waals surface area contributed by atoms with E-state index in [9.17, 15) is 0 Å². The molecular weight excluding hydrogens is 302 g/mol. The van der Waals surface area contributed by atoms with Crippen molar-refractivity contribution in [1.29, 1.82) is 0 Å². The smallest absolute Gasteiger partial charge is 0.0739 e. The highest BCUT2D eigenvalue weighted by Gasteiger charge is 2.12. The van der Waals surface area contributed by atoms with Crippen LogP contribution in [-0.2, 0) is 13.6 Å². The van der Waals surface area contributed by atoms with Gasteiger partial charge < -0.3 is 5.32 Å². The van der Waals surface area contributed by atoms with Gasteiger partial charge in [-0.25, -0.2) is 0 Å². The molecule has 0 radical (unpaired) electrons. The summed E-state index contributed by atoms with van der Waals surface area (Å²) in [6.45, 7) is 7.10. The maximum Gasteiger partial charge on any atom is 0.0739 e. The minimum atomic E-state index is 0.322. The third-order valence-corrected chi connectivity index (χ3v) is 4.45. The van der Waals surface area contributed by atoms with Crippen LogP contribution < -0.4 is 5.32 Å². The Kier molecular flexibility index (Phi) is 4.42. The van der Waals surface area contributed by atoms with Crippen molar-refractivity contribution in [3.63, 3.8) is 0 Å². The molecule has 0 saturated carbocycles. The summed E-state index contributed by atoms with van der Waals surface area (Å²) in [5, 5.41) is 7.94. The summed E-state index contributed by atoms with van der Waals surface area (Å²) in [6.07, 6.45) is 0. The fourth-order valence-corrected chi connectivity index (χ4v) is 2.57. The van der Waals surface area contributed by atoms with Crippen LogP contribution in [0.15, 0.2) is 28.7 Å². The van der Waals surface area contributed by atoms with Gasteiger partial charge in [0, 0.05) is 19.6 Å². The monoisotopic (exact) mass is 321 g/mol. The number of nitrogens with one attached hydrogen (secondary N) is 1. The van der Waals surface area contributed by atoms with Crippen molar-refractivity contribution in [2.75, 3.05) is 0 Å². The second-order valence-electron chi connectivity index (χ2n) is 4.98. The van der Waals surface area contributed by atoms with Crippen LogP contribution >= 0.6 is 15.9 Å². The molecule has 0 fully saturated rings. The van der Waals surface area contributed by atoms with Crippen molar-refractivity contribution in [3.8, 4) is 0 Å². The van der Waals surface area contributed by atoms with Gasteiger partial charge in [-0.15, -0.1) is 0 Å². The average Bonchev–Trinajstić information content (AvgIpc) is 2.62.